The Morgan fingerprint density at radius 3 is 2.31 bits per heavy atom. The first kappa shape index (κ1) is 21.6. The fraction of sp³-hybridized carbons (Fsp3) is 0.100. The summed E-state index contributed by atoms with van der Waals surface area (Å²) in [5.74, 6) is -1.13. The highest BCUT2D eigenvalue weighted by molar-refractivity contribution is 7.80. The number of hydrogen-bond donors (Lipinski definition) is 3. The van der Waals surface area contributed by atoms with Gasteiger partial charge in [-0.2, -0.15) is 0 Å². The maximum atomic E-state index is 12.3. The lowest BCUT2D eigenvalue weighted by Crippen LogP contribution is -2.48. The molecule has 2 amide bonds. The van der Waals surface area contributed by atoms with Crippen LogP contribution in [0.25, 0.3) is 0 Å². The Morgan fingerprint density at radius 1 is 1.00 bits per heavy atom. The van der Waals surface area contributed by atoms with E-state index >= 15 is 0 Å². The average Bonchev–Trinajstić information content (AvgIpc) is 2.75. The van der Waals surface area contributed by atoms with Gasteiger partial charge in [0.05, 0.1) is 18.2 Å². The molecular formula is C20H19N3O5S. The van der Waals surface area contributed by atoms with Crippen LogP contribution in [0.1, 0.15) is 31.1 Å². The predicted molar refractivity (Wildman–Crippen MR) is 111 cm³/mol. The Morgan fingerprint density at radius 2 is 1.66 bits per heavy atom. The number of carbonyl (C=O) groups excluding carboxylic acids is 3. The minimum atomic E-state index is -0.511. The lowest BCUT2D eigenvalue weighted by molar-refractivity contribution is 0.0600. The minimum absolute atomic E-state index is 0.107. The first-order valence-electron chi connectivity index (χ1n) is 8.39. The molecule has 2 aromatic carbocycles. The van der Waals surface area contributed by atoms with Crippen molar-refractivity contribution in [3.05, 3.63) is 77.9 Å². The van der Waals surface area contributed by atoms with E-state index in [9.17, 15) is 14.4 Å². The van der Waals surface area contributed by atoms with Crippen molar-refractivity contribution >= 4 is 35.1 Å². The largest absolute Gasteiger partial charge is 0.489 e. The fourth-order valence-corrected chi connectivity index (χ4v) is 2.34. The van der Waals surface area contributed by atoms with Crippen molar-refractivity contribution in [1.29, 1.82) is 0 Å². The van der Waals surface area contributed by atoms with Crippen molar-refractivity contribution in [2.45, 2.75) is 0 Å². The van der Waals surface area contributed by atoms with E-state index < -0.39 is 17.8 Å². The molecule has 0 saturated heterocycles. The lowest BCUT2D eigenvalue weighted by Gasteiger charge is -2.13. The van der Waals surface area contributed by atoms with Crippen LogP contribution in [-0.4, -0.2) is 36.6 Å². The van der Waals surface area contributed by atoms with Crippen molar-refractivity contribution in [3.8, 4) is 5.75 Å². The molecule has 0 atom stereocenters. The molecule has 0 heterocycles. The Balaban J connectivity index is 1.91. The molecule has 0 aliphatic heterocycles. The van der Waals surface area contributed by atoms with Crippen molar-refractivity contribution in [2.75, 3.05) is 13.7 Å². The zero-order chi connectivity index (χ0) is 21.2. The highest BCUT2D eigenvalue weighted by Gasteiger charge is 2.14. The van der Waals surface area contributed by atoms with Crippen molar-refractivity contribution in [3.63, 3.8) is 0 Å². The molecule has 0 aromatic heterocycles. The Labute approximate surface area is 172 Å². The van der Waals surface area contributed by atoms with Crippen LogP contribution in [0.3, 0.4) is 0 Å². The molecule has 0 saturated carbocycles. The quantitative estimate of drug-likeness (QED) is 0.288. The molecule has 9 heteroatoms. The van der Waals surface area contributed by atoms with E-state index in [0.29, 0.717) is 11.3 Å². The van der Waals surface area contributed by atoms with Gasteiger partial charge in [0.15, 0.2) is 5.11 Å². The van der Waals surface area contributed by atoms with Gasteiger partial charge in [-0.15, -0.1) is 0 Å². The van der Waals surface area contributed by atoms with Crippen LogP contribution in [0.2, 0.25) is 0 Å². The SMILES string of the molecule is C=CCOc1ccccc1C(=O)NNC(=S)NC(=O)c1ccc(C(=O)OC)cc1. The summed E-state index contributed by atoms with van der Waals surface area (Å²) in [4.78, 5) is 35.9. The summed E-state index contributed by atoms with van der Waals surface area (Å²) >= 11 is 5.01. The summed E-state index contributed by atoms with van der Waals surface area (Å²) in [6.07, 6.45) is 1.56. The summed E-state index contributed by atoms with van der Waals surface area (Å²) in [7, 11) is 1.27. The van der Waals surface area contributed by atoms with Gasteiger partial charge in [0.2, 0.25) is 0 Å². The second-order valence-corrected chi connectivity index (χ2v) is 5.94. The number of rotatable bonds is 6. The van der Waals surface area contributed by atoms with Gasteiger partial charge >= 0.3 is 5.97 Å². The number of benzene rings is 2. The molecule has 8 nitrogen and oxygen atoms in total. The highest BCUT2D eigenvalue weighted by atomic mass is 32.1. The van der Waals surface area contributed by atoms with E-state index in [1.807, 2.05) is 0 Å². The third-order valence-corrected chi connectivity index (χ3v) is 3.78. The predicted octanol–water partition coefficient (Wildman–Crippen LogP) is 1.99. The topological polar surface area (TPSA) is 106 Å². The van der Waals surface area contributed by atoms with Gasteiger partial charge in [-0.25, -0.2) is 4.79 Å². The number of hydrogen-bond acceptors (Lipinski definition) is 6. The van der Waals surface area contributed by atoms with E-state index in [0.717, 1.165) is 0 Å². The van der Waals surface area contributed by atoms with Crippen molar-refractivity contribution < 1.29 is 23.9 Å². The first-order chi connectivity index (χ1) is 14.0. The van der Waals surface area contributed by atoms with Gasteiger partial charge in [-0.3, -0.25) is 25.8 Å². The number of para-hydroxylation sites is 1. The van der Waals surface area contributed by atoms with Gasteiger partial charge in [-0.05, 0) is 48.6 Å². The minimum Gasteiger partial charge on any atom is -0.489 e. The van der Waals surface area contributed by atoms with Crippen molar-refractivity contribution in [1.82, 2.24) is 16.2 Å². The Bertz CT molecular complexity index is 928. The molecule has 0 aliphatic carbocycles. The summed E-state index contributed by atoms with van der Waals surface area (Å²) in [5, 5.41) is 2.31. The number of esters is 1. The maximum absolute atomic E-state index is 12.3. The number of nitrogens with one attached hydrogen (secondary N) is 3. The maximum Gasteiger partial charge on any atom is 0.337 e. The van der Waals surface area contributed by atoms with Gasteiger partial charge in [-0.1, -0.05) is 24.8 Å². The van der Waals surface area contributed by atoms with Crippen molar-refractivity contribution in [2.24, 2.45) is 0 Å². The lowest BCUT2D eigenvalue weighted by atomic mass is 10.1. The molecule has 150 valence electrons. The normalized spacial score (nSPS) is 9.69. The fourth-order valence-electron chi connectivity index (χ4n) is 2.19. The molecule has 29 heavy (non-hydrogen) atoms. The second kappa shape index (κ2) is 10.6. The molecule has 0 bridgehead atoms. The molecule has 2 rings (SSSR count). The number of carbonyl (C=O) groups is 3. The standard InChI is InChI=1S/C20H19N3O5S/c1-3-12-28-16-7-5-4-6-15(16)18(25)22-23-20(29)21-17(24)13-8-10-14(11-9-13)19(26)27-2/h3-11H,1,12H2,2H3,(H,22,25)(H2,21,23,24,29). The van der Waals surface area contributed by atoms with Gasteiger partial charge < -0.3 is 9.47 Å². The number of ether oxygens (including phenoxy) is 2. The third-order valence-electron chi connectivity index (χ3n) is 3.57. The van der Waals surface area contributed by atoms with Crippen LogP contribution in [0.4, 0.5) is 0 Å². The summed E-state index contributed by atoms with van der Waals surface area (Å²) < 4.78 is 10.0. The smallest absolute Gasteiger partial charge is 0.337 e. The molecule has 2 aromatic rings. The van der Waals surface area contributed by atoms with Crippen LogP contribution in [0, 0.1) is 0 Å². The van der Waals surface area contributed by atoms with Crippen LogP contribution in [-0.2, 0) is 4.74 Å². The zero-order valence-corrected chi connectivity index (χ0v) is 16.4. The van der Waals surface area contributed by atoms with Crippen LogP contribution < -0.4 is 20.9 Å². The second-order valence-electron chi connectivity index (χ2n) is 5.53. The van der Waals surface area contributed by atoms with Crippen LogP contribution in [0.15, 0.2) is 61.2 Å². The number of amides is 2. The van der Waals surface area contributed by atoms with Gasteiger partial charge in [0, 0.05) is 5.56 Å². The third kappa shape index (κ3) is 6.15. The van der Waals surface area contributed by atoms with Crippen LogP contribution in [0.5, 0.6) is 5.75 Å². The summed E-state index contributed by atoms with van der Waals surface area (Å²) in [6.45, 7) is 3.81. The molecule has 0 fully saturated rings. The van der Waals surface area contributed by atoms with E-state index in [1.54, 1.807) is 30.3 Å². The Kier molecular flexibility index (Phi) is 7.87. The molecule has 0 aliphatic rings. The molecule has 0 spiro atoms. The Hall–Kier alpha value is -3.72. The number of methoxy groups -OCH3 is 1. The highest BCUT2D eigenvalue weighted by Crippen LogP contribution is 2.17. The van der Waals surface area contributed by atoms with E-state index in [-0.39, 0.29) is 22.8 Å². The molecule has 3 N–H and O–H groups in total. The zero-order valence-electron chi connectivity index (χ0n) is 15.6. The number of thiocarbonyl (C=S) groups is 1. The van der Waals surface area contributed by atoms with Gasteiger partial charge in [0.1, 0.15) is 12.4 Å². The molecular weight excluding hydrogens is 394 g/mol. The van der Waals surface area contributed by atoms with E-state index in [4.69, 9.17) is 17.0 Å². The number of hydrazine groups is 1. The first-order valence-corrected chi connectivity index (χ1v) is 8.80. The van der Waals surface area contributed by atoms with Crippen LogP contribution >= 0.6 is 12.2 Å². The molecule has 0 radical (unpaired) electrons. The van der Waals surface area contributed by atoms with E-state index in [2.05, 4.69) is 27.5 Å². The van der Waals surface area contributed by atoms with E-state index in [1.165, 1.54) is 31.4 Å². The van der Waals surface area contributed by atoms with Gasteiger partial charge in [0.25, 0.3) is 11.8 Å². The summed E-state index contributed by atoms with van der Waals surface area (Å²) in [6, 6.07) is 12.5. The summed E-state index contributed by atoms with van der Waals surface area (Å²) in [5.41, 5.74) is 5.72. The molecule has 0 unspecified atom stereocenters. The monoisotopic (exact) mass is 413 g/mol. The average molecular weight is 413 g/mol.